The van der Waals surface area contributed by atoms with E-state index in [1.807, 2.05) is 24.3 Å². The Morgan fingerprint density at radius 1 is 1.00 bits per heavy atom. The smallest absolute Gasteiger partial charge is 0.272 e. The van der Waals surface area contributed by atoms with Crippen molar-refractivity contribution in [3.63, 3.8) is 0 Å². The largest absolute Gasteiger partial charge is 0.384 e. The monoisotopic (exact) mass is 373 g/mol. The molecule has 0 spiro atoms. The number of hydrogen-bond donors (Lipinski definition) is 2. The van der Waals surface area contributed by atoms with Crippen molar-refractivity contribution in [3.05, 3.63) is 71.7 Å². The van der Waals surface area contributed by atoms with E-state index in [4.69, 9.17) is 0 Å². The number of sulfonamides is 1. The van der Waals surface area contributed by atoms with Crippen molar-refractivity contribution < 1.29 is 8.42 Å². The van der Waals surface area contributed by atoms with Crippen molar-refractivity contribution in [2.24, 2.45) is 0 Å². The number of hydrogen-bond acceptors (Lipinski definition) is 5. The van der Waals surface area contributed by atoms with Crippen LogP contribution in [0.1, 0.15) is 12.0 Å². The Kier molecular flexibility index (Phi) is 5.67. The lowest BCUT2D eigenvalue weighted by Gasteiger charge is -2.08. The molecule has 0 aliphatic rings. The Labute approximate surface area is 151 Å². The molecular weight excluding hydrogens is 354 g/mol. The molecule has 2 N–H and O–H groups in total. The van der Waals surface area contributed by atoms with Gasteiger partial charge in [-0.2, -0.15) is 0 Å². The molecule has 0 saturated carbocycles. The molecule has 3 aromatic rings. The van der Waals surface area contributed by atoms with E-state index in [1.54, 1.807) is 29.8 Å². The Bertz CT molecular complexity index is 878. The summed E-state index contributed by atoms with van der Waals surface area (Å²) >= 11 is 1.17. The minimum Gasteiger partial charge on any atom is -0.384 e. The molecule has 130 valence electrons. The second-order valence-electron chi connectivity index (χ2n) is 5.49. The maximum atomic E-state index is 12.1. The summed E-state index contributed by atoms with van der Waals surface area (Å²) in [6, 6.07) is 17.1. The number of benzene rings is 1. The number of pyridine rings is 1. The van der Waals surface area contributed by atoms with Gasteiger partial charge in [-0.05, 0) is 42.0 Å². The van der Waals surface area contributed by atoms with Gasteiger partial charge in [-0.1, -0.05) is 36.4 Å². The third-order valence-electron chi connectivity index (χ3n) is 3.58. The predicted octanol–water partition coefficient (Wildman–Crippen LogP) is 3.99. The summed E-state index contributed by atoms with van der Waals surface area (Å²) in [7, 11) is -3.55. The van der Waals surface area contributed by atoms with E-state index in [-0.39, 0.29) is 4.21 Å². The van der Waals surface area contributed by atoms with Crippen LogP contribution in [0.15, 0.2) is 70.4 Å². The van der Waals surface area contributed by atoms with Crippen LogP contribution >= 0.6 is 11.3 Å². The second-order valence-corrected chi connectivity index (χ2v) is 8.34. The molecule has 0 unspecified atom stereocenters. The number of nitrogens with one attached hydrogen (secondary N) is 2. The first kappa shape index (κ1) is 17.4. The predicted molar refractivity (Wildman–Crippen MR) is 103 cm³/mol. The Hall–Kier alpha value is -2.38. The van der Waals surface area contributed by atoms with Crippen molar-refractivity contribution >= 4 is 32.9 Å². The fraction of sp³-hybridized carbons (Fsp3) is 0.167. The van der Waals surface area contributed by atoms with E-state index < -0.39 is 10.0 Å². The summed E-state index contributed by atoms with van der Waals surface area (Å²) in [5.74, 6) is 0.309. The van der Waals surface area contributed by atoms with Crippen LogP contribution in [-0.2, 0) is 16.4 Å². The average molecular weight is 374 g/mol. The van der Waals surface area contributed by atoms with Gasteiger partial charge in [0.1, 0.15) is 10.0 Å². The molecule has 0 fully saturated rings. The summed E-state index contributed by atoms with van der Waals surface area (Å²) in [6.07, 6.45) is 3.66. The molecule has 1 aromatic carbocycles. The van der Waals surface area contributed by atoms with Gasteiger partial charge in [-0.3, -0.25) is 4.72 Å². The van der Waals surface area contributed by atoms with E-state index in [9.17, 15) is 8.42 Å². The van der Waals surface area contributed by atoms with Crippen molar-refractivity contribution in [1.29, 1.82) is 0 Å². The highest BCUT2D eigenvalue weighted by Gasteiger charge is 2.15. The van der Waals surface area contributed by atoms with Crippen LogP contribution in [-0.4, -0.2) is 19.9 Å². The van der Waals surface area contributed by atoms with Crippen molar-refractivity contribution in [1.82, 2.24) is 4.98 Å². The molecule has 3 rings (SSSR count). The lowest BCUT2D eigenvalue weighted by molar-refractivity contribution is 0.603. The number of rotatable bonds is 8. The average Bonchev–Trinajstić information content (AvgIpc) is 3.16. The zero-order valence-corrected chi connectivity index (χ0v) is 15.2. The summed E-state index contributed by atoms with van der Waals surface area (Å²) in [4.78, 5) is 4.16. The quantitative estimate of drug-likeness (QED) is 0.586. The van der Waals surface area contributed by atoms with Gasteiger partial charge in [0.15, 0.2) is 0 Å². The molecule has 5 nitrogen and oxygen atoms in total. The van der Waals surface area contributed by atoms with E-state index in [0.717, 1.165) is 25.1 Å². The minimum atomic E-state index is -3.55. The van der Waals surface area contributed by atoms with Gasteiger partial charge in [0, 0.05) is 6.54 Å². The molecular formula is C18H19N3O2S2. The topological polar surface area (TPSA) is 71.1 Å². The summed E-state index contributed by atoms with van der Waals surface area (Å²) in [6.45, 7) is 0.830. The molecule has 0 radical (unpaired) electrons. The Morgan fingerprint density at radius 3 is 2.52 bits per heavy atom. The molecule has 2 aromatic heterocycles. The number of nitrogens with zero attached hydrogens (tertiary/aromatic N) is 1. The van der Waals surface area contributed by atoms with Gasteiger partial charge in [-0.25, -0.2) is 13.4 Å². The van der Waals surface area contributed by atoms with Crippen molar-refractivity contribution in [3.8, 4) is 0 Å². The van der Waals surface area contributed by atoms with Crippen LogP contribution in [0.4, 0.5) is 11.5 Å². The molecule has 0 amide bonds. The first-order valence-corrected chi connectivity index (χ1v) is 10.3. The van der Waals surface area contributed by atoms with Crippen LogP contribution in [0.5, 0.6) is 0 Å². The highest BCUT2D eigenvalue weighted by molar-refractivity contribution is 7.94. The van der Waals surface area contributed by atoms with Gasteiger partial charge in [-0.15, -0.1) is 11.3 Å². The number of aromatic nitrogens is 1. The highest BCUT2D eigenvalue weighted by Crippen LogP contribution is 2.19. The van der Waals surface area contributed by atoms with Crippen LogP contribution in [0.25, 0.3) is 0 Å². The van der Waals surface area contributed by atoms with Gasteiger partial charge in [0.25, 0.3) is 10.0 Å². The van der Waals surface area contributed by atoms with Crippen LogP contribution < -0.4 is 10.0 Å². The van der Waals surface area contributed by atoms with Gasteiger partial charge in [0.05, 0.1) is 11.9 Å². The first-order valence-electron chi connectivity index (χ1n) is 7.94. The maximum Gasteiger partial charge on any atom is 0.272 e. The lowest BCUT2D eigenvalue weighted by Crippen LogP contribution is -2.12. The maximum absolute atomic E-state index is 12.1. The highest BCUT2D eigenvalue weighted by atomic mass is 32.2. The van der Waals surface area contributed by atoms with E-state index in [1.165, 1.54) is 16.9 Å². The zero-order valence-electron chi connectivity index (χ0n) is 13.6. The molecule has 0 aliphatic carbocycles. The number of aryl methyl sites for hydroxylation is 1. The van der Waals surface area contributed by atoms with Crippen LogP contribution in [0.2, 0.25) is 0 Å². The SMILES string of the molecule is O=S(=O)(Nc1ccc(NCCCc2ccccc2)cn1)c1cccs1. The lowest BCUT2D eigenvalue weighted by atomic mass is 10.1. The first-order chi connectivity index (χ1) is 12.1. The molecule has 0 atom stereocenters. The van der Waals surface area contributed by atoms with Crippen LogP contribution in [0, 0.1) is 0 Å². The van der Waals surface area contributed by atoms with E-state index in [2.05, 4.69) is 27.2 Å². The molecule has 0 saturated heterocycles. The molecule has 25 heavy (non-hydrogen) atoms. The summed E-state index contributed by atoms with van der Waals surface area (Å²) < 4.78 is 27.0. The Balaban J connectivity index is 1.49. The third-order valence-corrected chi connectivity index (χ3v) is 6.33. The molecule has 7 heteroatoms. The normalized spacial score (nSPS) is 11.2. The standard InChI is InChI=1S/C18H19N3O2S2/c22-25(23,18-9-5-13-24-18)21-17-11-10-16(14-20-17)19-12-4-8-15-6-2-1-3-7-15/h1-3,5-7,9-11,13-14,19H,4,8,12H2,(H,20,21). The van der Waals surface area contributed by atoms with Gasteiger partial charge in [0.2, 0.25) is 0 Å². The molecule has 0 aliphatic heterocycles. The fourth-order valence-electron chi connectivity index (χ4n) is 2.33. The third kappa shape index (κ3) is 5.04. The second kappa shape index (κ2) is 8.13. The molecule has 2 heterocycles. The number of thiophene rings is 1. The van der Waals surface area contributed by atoms with E-state index in [0.29, 0.717) is 5.82 Å². The Morgan fingerprint density at radius 2 is 1.84 bits per heavy atom. The van der Waals surface area contributed by atoms with Crippen LogP contribution in [0.3, 0.4) is 0 Å². The number of anilines is 2. The minimum absolute atomic E-state index is 0.275. The van der Waals surface area contributed by atoms with Crippen molar-refractivity contribution in [2.45, 2.75) is 17.1 Å². The zero-order chi connectivity index (χ0) is 17.5. The van der Waals surface area contributed by atoms with E-state index >= 15 is 0 Å². The van der Waals surface area contributed by atoms with Gasteiger partial charge >= 0.3 is 0 Å². The van der Waals surface area contributed by atoms with Crippen molar-refractivity contribution in [2.75, 3.05) is 16.6 Å². The summed E-state index contributed by atoms with van der Waals surface area (Å²) in [5.41, 5.74) is 2.19. The molecule has 0 bridgehead atoms. The summed E-state index contributed by atoms with van der Waals surface area (Å²) in [5, 5.41) is 5.02. The van der Waals surface area contributed by atoms with Gasteiger partial charge < -0.3 is 5.32 Å². The fourth-order valence-corrected chi connectivity index (χ4v) is 4.33.